The van der Waals surface area contributed by atoms with Crippen LogP contribution in [0.3, 0.4) is 0 Å². The Labute approximate surface area is 81.0 Å². The largest absolute Gasteiger partial charge is 1.00 e. The van der Waals surface area contributed by atoms with Gasteiger partial charge in [0.1, 0.15) is 0 Å². The van der Waals surface area contributed by atoms with E-state index in [2.05, 4.69) is 13.8 Å². The van der Waals surface area contributed by atoms with Gasteiger partial charge < -0.3 is 1.43 Å². The molecule has 0 radical (unpaired) electrons. The van der Waals surface area contributed by atoms with Crippen molar-refractivity contribution in [2.75, 3.05) is 0 Å². The van der Waals surface area contributed by atoms with Crippen LogP contribution in [0.15, 0.2) is 0 Å². The van der Waals surface area contributed by atoms with E-state index in [-0.39, 0.29) is 52.8 Å². The van der Waals surface area contributed by atoms with Crippen molar-refractivity contribution >= 4 is 10.2 Å². The molecule has 0 fully saturated rings. The molecule has 0 unspecified atom stereocenters. The zero-order chi connectivity index (χ0) is 3.58. The Morgan fingerprint density at radius 3 is 1.60 bits per heavy atom. The number of rotatable bonds is 0. The predicted octanol–water partition coefficient (Wildman–Crippen LogP) is -2.70. The summed E-state index contributed by atoms with van der Waals surface area (Å²) in [5, 5.41) is 0. The van der Waals surface area contributed by atoms with E-state index >= 15 is 0 Å². The summed E-state index contributed by atoms with van der Waals surface area (Å²) in [5.41, 5.74) is 0.972. The maximum Gasteiger partial charge on any atom is 1.00 e. The van der Waals surface area contributed by atoms with Crippen LogP contribution in [0.5, 0.6) is 0 Å². The smallest absolute Gasteiger partial charge is 1.00 e. The first kappa shape index (κ1) is 9.97. The van der Waals surface area contributed by atoms with Gasteiger partial charge in [0.2, 0.25) is 0 Å². The van der Waals surface area contributed by atoms with Crippen LogP contribution in [0.4, 0.5) is 0 Å². The molecule has 0 N–H and O–H groups in total. The van der Waals surface area contributed by atoms with Crippen molar-refractivity contribution in [1.82, 2.24) is 0 Å². The average molecular weight is 114 g/mol. The van der Waals surface area contributed by atoms with Crippen molar-refractivity contribution in [2.45, 2.75) is 19.4 Å². The Balaban J connectivity index is -0.0000000450. The molecule has 0 nitrogen and oxygen atoms in total. The van der Waals surface area contributed by atoms with Crippen LogP contribution < -0.4 is 51.4 Å². The Bertz CT molecular complexity index is 15.5. The Hall–Kier alpha value is 1.85. The van der Waals surface area contributed by atoms with Crippen molar-refractivity contribution in [3.63, 3.8) is 0 Å². The maximum absolute atomic E-state index is 2.23. The molecular formula is C3H11KSi. The standard InChI is InChI=1S/C3H10Si.K.H/c1-3(2)4;;/h3H,1-2,4H3;;/q;+1;-1. The normalized spacial score (nSPS) is 7.80. The van der Waals surface area contributed by atoms with Gasteiger partial charge in [-0.3, -0.25) is 0 Å². The van der Waals surface area contributed by atoms with Crippen molar-refractivity contribution in [3.8, 4) is 0 Å². The van der Waals surface area contributed by atoms with Crippen LogP contribution in [0.25, 0.3) is 0 Å². The van der Waals surface area contributed by atoms with Gasteiger partial charge in [0.25, 0.3) is 0 Å². The van der Waals surface area contributed by atoms with E-state index in [0.717, 1.165) is 5.54 Å². The van der Waals surface area contributed by atoms with E-state index < -0.39 is 0 Å². The molecule has 0 rings (SSSR count). The fourth-order valence-electron chi connectivity index (χ4n) is 0. The van der Waals surface area contributed by atoms with Crippen LogP contribution in [0.1, 0.15) is 15.3 Å². The molecule has 5 heavy (non-hydrogen) atoms. The molecule has 0 aromatic carbocycles. The second kappa shape index (κ2) is 5.85. The molecule has 0 aromatic heterocycles. The fraction of sp³-hybridized carbons (Fsp3) is 1.00. The minimum Gasteiger partial charge on any atom is -1.00 e. The van der Waals surface area contributed by atoms with Gasteiger partial charge in [-0.1, -0.05) is 19.4 Å². The zero-order valence-corrected chi connectivity index (χ0v) is 9.70. The summed E-state index contributed by atoms with van der Waals surface area (Å²) in [5.74, 6) is 0. The van der Waals surface area contributed by atoms with E-state index in [4.69, 9.17) is 0 Å². The second-order valence-electron chi connectivity index (χ2n) is 1.73. The summed E-state index contributed by atoms with van der Waals surface area (Å²) in [7, 11) is 1.35. The predicted molar refractivity (Wildman–Crippen MR) is 26.1 cm³/mol. The molecule has 0 aliphatic rings. The van der Waals surface area contributed by atoms with Crippen LogP contribution >= 0.6 is 0 Å². The molecule has 28 valence electrons. The van der Waals surface area contributed by atoms with E-state index in [1.807, 2.05) is 0 Å². The van der Waals surface area contributed by atoms with Gasteiger partial charge in [-0.05, 0) is 0 Å². The first-order chi connectivity index (χ1) is 1.73. The molecule has 0 heterocycles. The number of hydrogen-bond donors (Lipinski definition) is 0. The molecule has 0 atom stereocenters. The summed E-state index contributed by atoms with van der Waals surface area (Å²) in [6.07, 6.45) is 0. The Morgan fingerprint density at radius 2 is 1.60 bits per heavy atom. The van der Waals surface area contributed by atoms with Gasteiger partial charge in [0.05, 0.1) is 0 Å². The van der Waals surface area contributed by atoms with Crippen molar-refractivity contribution < 1.29 is 52.8 Å². The van der Waals surface area contributed by atoms with Gasteiger partial charge in [-0.15, -0.1) is 0 Å². The molecule has 0 saturated carbocycles. The van der Waals surface area contributed by atoms with Gasteiger partial charge in [-0.2, -0.15) is 0 Å². The summed E-state index contributed by atoms with van der Waals surface area (Å²) >= 11 is 0. The van der Waals surface area contributed by atoms with E-state index in [1.165, 1.54) is 10.2 Å². The third-order valence-corrected chi connectivity index (χ3v) is 0. The van der Waals surface area contributed by atoms with Gasteiger partial charge in [0.15, 0.2) is 0 Å². The van der Waals surface area contributed by atoms with Crippen molar-refractivity contribution in [3.05, 3.63) is 0 Å². The monoisotopic (exact) mass is 114 g/mol. The summed E-state index contributed by atoms with van der Waals surface area (Å²) < 4.78 is 0. The first-order valence-electron chi connectivity index (χ1n) is 1.73. The quantitative estimate of drug-likeness (QED) is 0.301. The van der Waals surface area contributed by atoms with Gasteiger partial charge in [-0.25, -0.2) is 0 Å². The van der Waals surface area contributed by atoms with Gasteiger partial charge >= 0.3 is 51.4 Å². The van der Waals surface area contributed by atoms with E-state index in [0.29, 0.717) is 0 Å². The third kappa shape index (κ3) is 25.3. The minimum absolute atomic E-state index is 0. The molecular weight excluding hydrogens is 103 g/mol. The van der Waals surface area contributed by atoms with Crippen LogP contribution in [0.2, 0.25) is 5.54 Å². The van der Waals surface area contributed by atoms with Crippen molar-refractivity contribution in [2.24, 2.45) is 0 Å². The SMILES string of the molecule is CC(C)[SiH3].[H-].[K+]. The number of hydrogen-bond acceptors (Lipinski definition) is 0. The topological polar surface area (TPSA) is 0 Å². The molecule has 0 aliphatic carbocycles. The maximum atomic E-state index is 2.23. The molecule has 0 amide bonds. The zero-order valence-electron chi connectivity index (χ0n) is 5.58. The fourth-order valence-corrected chi connectivity index (χ4v) is 0. The molecule has 0 bridgehead atoms. The third-order valence-electron chi connectivity index (χ3n) is 0. The van der Waals surface area contributed by atoms with Crippen LogP contribution in [0, 0.1) is 0 Å². The summed E-state index contributed by atoms with van der Waals surface area (Å²) in [6.45, 7) is 4.46. The second-order valence-corrected chi connectivity index (χ2v) is 4.04. The molecule has 0 aliphatic heterocycles. The average Bonchev–Trinajstić information content (AvgIpc) is 0.811. The summed E-state index contributed by atoms with van der Waals surface area (Å²) in [6, 6.07) is 0. The molecule has 0 saturated heterocycles. The van der Waals surface area contributed by atoms with Crippen LogP contribution in [-0.2, 0) is 0 Å². The Kier molecular flexibility index (Phi) is 11.7. The molecule has 2 heteroatoms. The van der Waals surface area contributed by atoms with E-state index in [1.54, 1.807) is 0 Å². The van der Waals surface area contributed by atoms with Gasteiger partial charge in [0, 0.05) is 10.2 Å². The molecule has 0 spiro atoms. The van der Waals surface area contributed by atoms with Crippen LogP contribution in [-0.4, -0.2) is 10.2 Å². The molecule has 0 aromatic rings. The Morgan fingerprint density at radius 1 is 1.60 bits per heavy atom. The van der Waals surface area contributed by atoms with Crippen molar-refractivity contribution in [1.29, 1.82) is 0 Å². The minimum atomic E-state index is 0. The summed E-state index contributed by atoms with van der Waals surface area (Å²) in [4.78, 5) is 0. The van der Waals surface area contributed by atoms with E-state index in [9.17, 15) is 0 Å². The first-order valence-corrected chi connectivity index (χ1v) is 2.89.